The molecule has 0 fully saturated rings. The van der Waals surface area contributed by atoms with Crippen LogP contribution in [0.5, 0.6) is 5.75 Å². The molecule has 1 aromatic heterocycles. The molecule has 1 N–H and O–H groups in total. The van der Waals surface area contributed by atoms with Crippen LogP contribution >= 0.6 is 22.9 Å². The molecule has 2 aromatic rings. The van der Waals surface area contributed by atoms with Gasteiger partial charge < -0.3 is 9.84 Å². The molecule has 0 saturated carbocycles. The molecule has 0 spiro atoms. The average molecular weight is 283 g/mol. The molecule has 0 unspecified atom stereocenters. The largest absolute Gasteiger partial charge is 0.487 e. The number of rotatable bonds is 4. The van der Waals surface area contributed by atoms with Gasteiger partial charge in [0.1, 0.15) is 17.2 Å². The Morgan fingerprint density at radius 2 is 2.22 bits per heavy atom. The summed E-state index contributed by atoms with van der Waals surface area (Å²) in [5, 5.41) is 11.1. The van der Waals surface area contributed by atoms with E-state index in [1.54, 1.807) is 17.5 Å². The second-order valence-corrected chi connectivity index (χ2v) is 5.17. The maximum Gasteiger partial charge on any atom is 0.345 e. The quantitative estimate of drug-likeness (QED) is 0.922. The lowest BCUT2D eigenvalue weighted by Gasteiger charge is -2.07. The van der Waals surface area contributed by atoms with Gasteiger partial charge in [-0.2, -0.15) is 0 Å². The topological polar surface area (TPSA) is 46.5 Å². The summed E-state index contributed by atoms with van der Waals surface area (Å²) in [6.45, 7) is 2.27. The number of ether oxygens (including phenoxy) is 1. The van der Waals surface area contributed by atoms with E-state index in [4.69, 9.17) is 21.4 Å². The molecule has 0 atom stereocenters. The van der Waals surface area contributed by atoms with Crippen LogP contribution in [0.2, 0.25) is 5.02 Å². The van der Waals surface area contributed by atoms with E-state index in [-0.39, 0.29) is 0 Å². The number of halogens is 1. The summed E-state index contributed by atoms with van der Waals surface area (Å²) >= 11 is 7.19. The number of carboxylic acid groups (broad SMARTS) is 1. The summed E-state index contributed by atoms with van der Waals surface area (Å²) in [5.74, 6) is -0.306. The van der Waals surface area contributed by atoms with Crippen LogP contribution in [0.4, 0.5) is 0 Å². The van der Waals surface area contributed by atoms with Crippen molar-refractivity contribution in [1.82, 2.24) is 0 Å². The van der Waals surface area contributed by atoms with Crippen LogP contribution in [0.1, 0.15) is 20.8 Å². The fourth-order valence-corrected chi connectivity index (χ4v) is 2.35. The van der Waals surface area contributed by atoms with Gasteiger partial charge in [-0.1, -0.05) is 17.7 Å². The van der Waals surface area contributed by atoms with Gasteiger partial charge in [0.2, 0.25) is 0 Å². The van der Waals surface area contributed by atoms with Crippen LogP contribution in [-0.2, 0) is 6.61 Å². The molecule has 0 bridgehead atoms. The summed E-state index contributed by atoms with van der Waals surface area (Å²) in [4.78, 5) is 11.0. The zero-order valence-electron chi connectivity index (χ0n) is 9.64. The van der Waals surface area contributed by atoms with E-state index in [1.807, 2.05) is 19.1 Å². The number of carbonyl (C=O) groups is 1. The second-order valence-electron chi connectivity index (χ2n) is 3.85. The number of thiophene rings is 1. The van der Waals surface area contributed by atoms with Gasteiger partial charge >= 0.3 is 5.97 Å². The maximum atomic E-state index is 10.7. The average Bonchev–Trinajstić information content (AvgIpc) is 2.79. The van der Waals surface area contributed by atoms with Crippen LogP contribution in [-0.4, -0.2) is 11.1 Å². The molecule has 0 aliphatic carbocycles. The molecule has 0 saturated heterocycles. The van der Waals surface area contributed by atoms with Crippen LogP contribution in [0.15, 0.2) is 29.6 Å². The highest BCUT2D eigenvalue weighted by Crippen LogP contribution is 2.26. The maximum absolute atomic E-state index is 10.7. The van der Waals surface area contributed by atoms with Gasteiger partial charge in [0.15, 0.2) is 0 Å². The van der Waals surface area contributed by atoms with Crippen molar-refractivity contribution in [2.75, 3.05) is 0 Å². The second kappa shape index (κ2) is 5.42. The Kier molecular flexibility index (Phi) is 3.89. The summed E-state index contributed by atoms with van der Waals surface area (Å²) in [5.41, 5.74) is 1.89. The normalized spacial score (nSPS) is 10.3. The van der Waals surface area contributed by atoms with Gasteiger partial charge in [-0.05, 0) is 36.1 Å². The summed E-state index contributed by atoms with van der Waals surface area (Å²) < 4.78 is 5.58. The number of benzene rings is 1. The van der Waals surface area contributed by atoms with Gasteiger partial charge in [-0.25, -0.2) is 4.79 Å². The first-order chi connectivity index (χ1) is 8.56. The zero-order valence-corrected chi connectivity index (χ0v) is 11.2. The fourth-order valence-electron chi connectivity index (χ4n) is 1.45. The van der Waals surface area contributed by atoms with E-state index in [0.29, 0.717) is 22.3 Å². The smallest absolute Gasteiger partial charge is 0.345 e. The van der Waals surface area contributed by atoms with Gasteiger partial charge in [-0.15, -0.1) is 11.3 Å². The van der Waals surface area contributed by atoms with Gasteiger partial charge in [0.25, 0.3) is 0 Å². The van der Waals surface area contributed by atoms with Crippen LogP contribution in [0.3, 0.4) is 0 Å². The Balaban J connectivity index is 2.06. The molecular weight excluding hydrogens is 272 g/mol. The summed E-state index contributed by atoms with van der Waals surface area (Å²) in [6.07, 6.45) is 0. The highest BCUT2D eigenvalue weighted by Gasteiger charge is 2.08. The number of hydrogen-bond donors (Lipinski definition) is 1. The Morgan fingerprint density at radius 3 is 2.89 bits per heavy atom. The molecule has 1 aromatic carbocycles. The van der Waals surface area contributed by atoms with Crippen molar-refractivity contribution in [2.24, 2.45) is 0 Å². The van der Waals surface area contributed by atoms with Crippen LogP contribution in [0, 0.1) is 6.92 Å². The van der Waals surface area contributed by atoms with E-state index < -0.39 is 5.97 Å². The molecule has 0 radical (unpaired) electrons. The van der Waals surface area contributed by atoms with E-state index in [9.17, 15) is 4.79 Å². The predicted molar refractivity (Wildman–Crippen MR) is 71.8 cm³/mol. The van der Waals surface area contributed by atoms with Crippen molar-refractivity contribution in [1.29, 1.82) is 0 Å². The molecule has 2 rings (SSSR count). The molecule has 1 heterocycles. The zero-order chi connectivity index (χ0) is 13.1. The van der Waals surface area contributed by atoms with Crippen molar-refractivity contribution in [3.8, 4) is 5.75 Å². The monoisotopic (exact) mass is 282 g/mol. The number of carboxylic acids is 1. The van der Waals surface area contributed by atoms with Crippen molar-refractivity contribution in [3.05, 3.63) is 50.7 Å². The Morgan fingerprint density at radius 1 is 1.44 bits per heavy atom. The lowest BCUT2D eigenvalue weighted by Crippen LogP contribution is -1.96. The van der Waals surface area contributed by atoms with E-state index in [2.05, 4.69) is 0 Å². The molecule has 0 aliphatic heterocycles. The third kappa shape index (κ3) is 3.03. The third-order valence-corrected chi connectivity index (χ3v) is 3.62. The first-order valence-electron chi connectivity index (χ1n) is 5.26. The number of aromatic carboxylic acids is 1. The fraction of sp³-hybridized carbons (Fsp3) is 0.154. The molecule has 3 nitrogen and oxygen atoms in total. The van der Waals surface area contributed by atoms with Crippen molar-refractivity contribution in [3.63, 3.8) is 0 Å². The molecule has 94 valence electrons. The van der Waals surface area contributed by atoms with E-state index >= 15 is 0 Å². The Labute approximate surface area is 114 Å². The first-order valence-corrected chi connectivity index (χ1v) is 6.51. The lowest BCUT2D eigenvalue weighted by molar-refractivity contribution is 0.0702. The minimum atomic E-state index is -0.917. The van der Waals surface area contributed by atoms with Crippen LogP contribution in [0.25, 0.3) is 0 Å². The van der Waals surface area contributed by atoms with Gasteiger partial charge in [-0.3, -0.25) is 0 Å². The Hall–Kier alpha value is -1.52. The minimum absolute atomic E-state index is 0.309. The molecule has 18 heavy (non-hydrogen) atoms. The summed E-state index contributed by atoms with van der Waals surface area (Å²) in [6, 6.07) is 7.15. The molecule has 5 heteroatoms. The third-order valence-electron chi connectivity index (χ3n) is 2.35. The van der Waals surface area contributed by atoms with Gasteiger partial charge in [0, 0.05) is 5.56 Å². The predicted octanol–water partition coefficient (Wildman–Crippen LogP) is 3.99. The molecular formula is C13H11ClO3S. The highest BCUT2D eigenvalue weighted by molar-refractivity contribution is 7.12. The number of hydrogen-bond acceptors (Lipinski definition) is 3. The first kappa shape index (κ1) is 12.9. The molecule has 0 amide bonds. The highest BCUT2D eigenvalue weighted by atomic mass is 35.5. The van der Waals surface area contributed by atoms with Crippen molar-refractivity contribution < 1.29 is 14.6 Å². The number of aryl methyl sites for hydroxylation is 1. The van der Waals surface area contributed by atoms with Gasteiger partial charge in [0.05, 0.1) is 5.02 Å². The van der Waals surface area contributed by atoms with Crippen molar-refractivity contribution in [2.45, 2.75) is 13.5 Å². The minimum Gasteiger partial charge on any atom is -0.487 e. The van der Waals surface area contributed by atoms with Crippen LogP contribution < -0.4 is 4.74 Å². The van der Waals surface area contributed by atoms with E-state index in [1.165, 1.54) is 11.3 Å². The van der Waals surface area contributed by atoms with Crippen molar-refractivity contribution >= 4 is 28.9 Å². The lowest BCUT2D eigenvalue weighted by atomic mass is 10.2. The van der Waals surface area contributed by atoms with E-state index in [0.717, 1.165) is 11.1 Å². The standard InChI is InChI=1S/C13H11ClO3S/c1-8-2-3-10(14)11(4-8)17-6-9-5-12(13(15)16)18-7-9/h2-5,7H,6H2,1H3,(H,15,16). The summed E-state index contributed by atoms with van der Waals surface area (Å²) in [7, 11) is 0. The molecule has 0 aliphatic rings. The Bertz CT molecular complexity index is 577. The SMILES string of the molecule is Cc1ccc(Cl)c(OCc2csc(C(=O)O)c2)c1.